The van der Waals surface area contributed by atoms with E-state index in [9.17, 15) is 26.9 Å². The molecule has 146 valence electrons. The van der Waals surface area contributed by atoms with Crippen LogP contribution in [0.2, 0.25) is 5.02 Å². The van der Waals surface area contributed by atoms with Crippen LogP contribution in [0.15, 0.2) is 21.9 Å². The van der Waals surface area contributed by atoms with E-state index in [1.165, 1.54) is 6.07 Å². The third-order valence-corrected chi connectivity index (χ3v) is 6.68. The number of hydrogen-bond acceptors (Lipinski definition) is 8. The van der Waals surface area contributed by atoms with Crippen LogP contribution < -0.4 is 14.8 Å². The number of rotatable bonds is 7. The van der Waals surface area contributed by atoms with E-state index >= 15 is 0 Å². The van der Waals surface area contributed by atoms with Crippen LogP contribution in [0.25, 0.3) is 0 Å². The number of hydrogen-bond donors (Lipinski definition) is 2. The lowest BCUT2D eigenvalue weighted by molar-refractivity contribution is -0.757. The van der Waals surface area contributed by atoms with Gasteiger partial charge in [0.15, 0.2) is 0 Å². The summed E-state index contributed by atoms with van der Waals surface area (Å²) in [5.74, 6) is 0. The van der Waals surface area contributed by atoms with Crippen molar-refractivity contribution in [1.82, 2.24) is 4.72 Å². The fraction of sp³-hybridized carbons (Fsp3) is 0.500. The van der Waals surface area contributed by atoms with Gasteiger partial charge in [-0.25, -0.2) is 22.0 Å². The van der Waals surface area contributed by atoms with Crippen molar-refractivity contribution >= 4 is 37.3 Å². The monoisotopic (exact) mass is 428 g/mol. The number of anilines is 1. The number of fused-ring (bicyclic) bond motifs is 1. The Labute approximate surface area is 155 Å². The zero-order chi connectivity index (χ0) is 19.7. The Bertz CT molecular complexity index is 920. The van der Waals surface area contributed by atoms with Crippen molar-refractivity contribution in [3.8, 4) is 0 Å². The lowest BCUT2D eigenvalue weighted by atomic mass is 10.2. The van der Waals surface area contributed by atoms with Crippen LogP contribution in [0.5, 0.6) is 0 Å². The smallest absolute Gasteiger partial charge is 0.294 e. The Morgan fingerprint density at radius 1 is 1.42 bits per heavy atom. The number of sulfonamides is 2. The first-order valence-corrected chi connectivity index (χ1v) is 10.7. The van der Waals surface area contributed by atoms with Crippen LogP contribution in [-0.2, 0) is 24.9 Å². The zero-order valence-electron chi connectivity index (χ0n) is 13.6. The molecule has 0 aromatic heterocycles. The number of nitrogens with one attached hydrogen (secondary N) is 1. The molecule has 14 heteroatoms. The second-order valence-corrected chi connectivity index (χ2v) is 9.22. The average molecular weight is 429 g/mol. The molecule has 0 amide bonds. The molecular formula is C12H17ClN4O7S2. The Kier molecular flexibility index (Phi) is 5.97. The predicted octanol–water partition coefficient (Wildman–Crippen LogP) is 0.420. The van der Waals surface area contributed by atoms with Crippen LogP contribution in [0, 0.1) is 10.1 Å². The molecule has 0 radical (unpaired) electrons. The molecule has 1 atom stereocenters. The van der Waals surface area contributed by atoms with Gasteiger partial charge in [0.05, 0.1) is 23.5 Å². The molecule has 0 aliphatic carbocycles. The number of benzene rings is 1. The molecule has 2 rings (SSSR count). The Morgan fingerprint density at radius 3 is 2.65 bits per heavy atom. The van der Waals surface area contributed by atoms with E-state index < -0.39 is 36.2 Å². The van der Waals surface area contributed by atoms with Gasteiger partial charge in [-0.3, -0.25) is 0 Å². The van der Waals surface area contributed by atoms with Crippen LogP contribution in [0.1, 0.15) is 19.3 Å². The lowest BCUT2D eigenvalue weighted by Gasteiger charge is -2.36. The maximum Gasteiger partial charge on any atom is 0.294 e. The highest BCUT2D eigenvalue weighted by atomic mass is 35.5. The van der Waals surface area contributed by atoms with Crippen LogP contribution >= 0.6 is 11.6 Å². The number of nitrogens with two attached hydrogens (primary N) is 1. The first kappa shape index (κ1) is 20.6. The highest BCUT2D eigenvalue weighted by Gasteiger charge is 2.35. The van der Waals surface area contributed by atoms with Gasteiger partial charge in [0.2, 0.25) is 20.0 Å². The van der Waals surface area contributed by atoms with E-state index in [0.29, 0.717) is 19.3 Å². The van der Waals surface area contributed by atoms with Gasteiger partial charge in [0, 0.05) is 7.05 Å². The molecule has 0 fully saturated rings. The van der Waals surface area contributed by atoms with Gasteiger partial charge in [-0.05, 0) is 31.4 Å². The third-order valence-electron chi connectivity index (χ3n) is 3.82. The zero-order valence-corrected chi connectivity index (χ0v) is 16.0. The predicted molar refractivity (Wildman–Crippen MR) is 92.1 cm³/mol. The molecule has 0 saturated carbocycles. The maximum atomic E-state index is 12.5. The molecule has 11 nitrogen and oxygen atoms in total. The van der Waals surface area contributed by atoms with Crippen molar-refractivity contribution in [3.05, 3.63) is 27.3 Å². The van der Waals surface area contributed by atoms with Gasteiger partial charge < -0.3 is 9.74 Å². The fourth-order valence-electron chi connectivity index (χ4n) is 2.55. The summed E-state index contributed by atoms with van der Waals surface area (Å²) < 4.78 is 50.5. The first-order chi connectivity index (χ1) is 11.9. The molecule has 3 N–H and O–H groups in total. The van der Waals surface area contributed by atoms with E-state index in [1.54, 1.807) is 11.9 Å². The Morgan fingerprint density at radius 2 is 2.08 bits per heavy atom. The first-order valence-electron chi connectivity index (χ1n) is 7.32. The largest absolute Gasteiger partial charge is 0.357 e. The van der Waals surface area contributed by atoms with Gasteiger partial charge in [-0.15, -0.1) is 10.1 Å². The van der Waals surface area contributed by atoms with E-state index in [4.69, 9.17) is 16.7 Å². The normalized spacial score (nSPS) is 19.0. The molecule has 0 saturated heterocycles. The molecular weight excluding hydrogens is 412 g/mol. The molecule has 26 heavy (non-hydrogen) atoms. The van der Waals surface area contributed by atoms with Crippen molar-refractivity contribution in [1.29, 1.82) is 0 Å². The summed E-state index contributed by atoms with van der Waals surface area (Å²) in [6, 6.07) is 2.16. The van der Waals surface area contributed by atoms with Gasteiger partial charge in [0.25, 0.3) is 5.09 Å². The van der Waals surface area contributed by atoms with Gasteiger partial charge in [-0.2, -0.15) is 4.72 Å². The molecule has 1 heterocycles. The summed E-state index contributed by atoms with van der Waals surface area (Å²) in [6.07, 6.45) is 0.555. The second kappa shape index (κ2) is 7.52. The number of unbranched alkanes of at least 4 members (excludes halogenated alkanes) is 1. The van der Waals surface area contributed by atoms with Crippen LogP contribution in [0.4, 0.5) is 5.69 Å². The average Bonchev–Trinajstić information content (AvgIpc) is 2.49. The summed E-state index contributed by atoms with van der Waals surface area (Å²) in [5.41, 5.74) is 0.229. The van der Waals surface area contributed by atoms with Crippen molar-refractivity contribution in [2.45, 2.75) is 35.2 Å². The molecule has 0 spiro atoms. The lowest BCUT2D eigenvalue weighted by Crippen LogP contribution is -2.50. The highest BCUT2D eigenvalue weighted by molar-refractivity contribution is 7.90. The quantitative estimate of drug-likeness (QED) is 0.358. The minimum atomic E-state index is -4.19. The van der Waals surface area contributed by atoms with Crippen LogP contribution in [-0.4, -0.2) is 41.7 Å². The summed E-state index contributed by atoms with van der Waals surface area (Å²) in [4.78, 5) is 15.2. The van der Waals surface area contributed by atoms with Crippen LogP contribution in [0.3, 0.4) is 0 Å². The molecule has 1 aliphatic rings. The fourth-order valence-corrected chi connectivity index (χ4v) is 5.23. The van der Waals surface area contributed by atoms with E-state index in [1.807, 2.05) is 0 Å². The third kappa shape index (κ3) is 4.54. The summed E-state index contributed by atoms with van der Waals surface area (Å²) in [6.45, 7) is -0.0870. The number of halogens is 1. The standard InChI is InChI=1S/C12H17ClN4O7S2/c1-16-9-6-8(13)10(25(14,20)21)7-11(9)26(22,23)15-12(16)4-2-3-5-24-17(18)19/h6-7,12,15H,2-5H2,1H3,(H2,14,20,21). The Balaban J connectivity index is 2.25. The van der Waals surface area contributed by atoms with E-state index in [2.05, 4.69) is 9.56 Å². The Hall–Kier alpha value is -1.67. The minimum absolute atomic E-state index is 0.0870. The maximum absolute atomic E-state index is 12.5. The van der Waals surface area contributed by atoms with Gasteiger partial charge in [0.1, 0.15) is 9.79 Å². The van der Waals surface area contributed by atoms with Gasteiger partial charge in [-0.1, -0.05) is 11.6 Å². The number of nitrogens with zero attached hydrogens (tertiary/aromatic N) is 2. The molecule has 1 aliphatic heterocycles. The summed E-state index contributed by atoms with van der Waals surface area (Å²) in [7, 11) is -6.56. The summed E-state index contributed by atoms with van der Waals surface area (Å²) >= 11 is 5.95. The molecule has 1 aromatic carbocycles. The minimum Gasteiger partial charge on any atom is -0.357 e. The van der Waals surface area contributed by atoms with Crippen molar-refractivity contribution < 1.29 is 26.8 Å². The molecule has 0 bridgehead atoms. The van der Waals surface area contributed by atoms with Gasteiger partial charge >= 0.3 is 0 Å². The molecule has 1 aromatic rings. The van der Waals surface area contributed by atoms with Crippen molar-refractivity contribution in [3.63, 3.8) is 0 Å². The molecule has 1 unspecified atom stereocenters. The second-order valence-electron chi connectivity index (χ2n) is 5.60. The SMILES string of the molecule is CN1c2cc(Cl)c(S(N)(=O)=O)cc2S(=O)(=O)NC1CCCCO[N+](=O)[O-]. The van der Waals surface area contributed by atoms with E-state index in [-0.39, 0.29) is 22.2 Å². The number of primary sulfonamides is 1. The van der Waals surface area contributed by atoms with E-state index in [0.717, 1.165) is 6.07 Å². The van der Waals surface area contributed by atoms with Crippen molar-refractivity contribution in [2.24, 2.45) is 5.14 Å². The topological polar surface area (TPSA) is 162 Å². The summed E-state index contributed by atoms with van der Waals surface area (Å²) in [5, 5.41) is 14.1. The highest BCUT2D eigenvalue weighted by Crippen LogP contribution is 2.36. The van der Waals surface area contributed by atoms with Crippen molar-refractivity contribution in [2.75, 3.05) is 18.6 Å².